The predicted molar refractivity (Wildman–Crippen MR) is 125 cm³/mol. The van der Waals surface area contributed by atoms with Crippen molar-refractivity contribution in [3.05, 3.63) is 64.4 Å². The Morgan fingerprint density at radius 1 is 1.10 bits per heavy atom. The van der Waals surface area contributed by atoms with Gasteiger partial charge in [-0.2, -0.15) is 0 Å². The van der Waals surface area contributed by atoms with Gasteiger partial charge in [-0.1, -0.05) is 56.8 Å². The van der Waals surface area contributed by atoms with Crippen LogP contribution in [-0.4, -0.2) is 30.8 Å². The molecule has 0 atom stereocenters. The fraction of sp³-hybridized carbons (Fsp3) is 0.304. The van der Waals surface area contributed by atoms with Crippen molar-refractivity contribution in [1.29, 1.82) is 0 Å². The minimum atomic E-state index is -0.120. The van der Waals surface area contributed by atoms with Gasteiger partial charge in [-0.15, -0.1) is 10.2 Å². The summed E-state index contributed by atoms with van der Waals surface area (Å²) < 4.78 is 3.51. The second-order valence-corrected chi connectivity index (χ2v) is 8.65. The monoisotopic (exact) mass is 435 g/mol. The number of aromatic nitrogens is 4. The summed E-state index contributed by atoms with van der Waals surface area (Å²) in [7, 11) is 0. The van der Waals surface area contributed by atoms with Crippen molar-refractivity contribution in [3.8, 4) is 0 Å². The van der Waals surface area contributed by atoms with Crippen LogP contribution in [0.15, 0.2) is 58.5 Å². The third-order valence-electron chi connectivity index (χ3n) is 5.12. The Morgan fingerprint density at radius 2 is 1.84 bits per heavy atom. The van der Waals surface area contributed by atoms with Crippen LogP contribution in [0.1, 0.15) is 38.7 Å². The van der Waals surface area contributed by atoms with E-state index in [1.165, 1.54) is 17.3 Å². The second-order valence-electron chi connectivity index (χ2n) is 7.71. The van der Waals surface area contributed by atoms with Crippen molar-refractivity contribution < 1.29 is 4.79 Å². The lowest BCUT2D eigenvalue weighted by Crippen LogP contribution is -2.23. The Kier molecular flexibility index (Phi) is 6.08. The average molecular weight is 436 g/mol. The molecule has 2 heterocycles. The zero-order valence-corrected chi connectivity index (χ0v) is 18.6. The Hall–Kier alpha value is -3.13. The van der Waals surface area contributed by atoms with Crippen LogP contribution in [0.3, 0.4) is 0 Å². The lowest BCUT2D eigenvalue weighted by atomic mass is 10.0. The lowest BCUT2D eigenvalue weighted by Gasteiger charge is -2.10. The van der Waals surface area contributed by atoms with Gasteiger partial charge in [-0.3, -0.25) is 18.6 Å². The molecule has 31 heavy (non-hydrogen) atoms. The number of rotatable bonds is 7. The van der Waals surface area contributed by atoms with Crippen LogP contribution in [-0.2, 0) is 11.3 Å². The van der Waals surface area contributed by atoms with Gasteiger partial charge >= 0.3 is 0 Å². The summed E-state index contributed by atoms with van der Waals surface area (Å²) in [4.78, 5) is 25.4. The first-order chi connectivity index (χ1) is 15.0. The number of carbonyl (C=O) groups is 1. The number of hydrogen-bond donors (Lipinski definition) is 1. The number of fused-ring (bicyclic) bond motifs is 3. The first kappa shape index (κ1) is 21.1. The topological polar surface area (TPSA) is 81.3 Å². The number of nitrogens with zero attached hydrogens (tertiary/aromatic N) is 4. The van der Waals surface area contributed by atoms with E-state index in [0.717, 1.165) is 17.6 Å². The maximum Gasteiger partial charge on any atom is 0.262 e. The maximum atomic E-state index is 12.9. The summed E-state index contributed by atoms with van der Waals surface area (Å²) >= 11 is 1.30. The summed E-state index contributed by atoms with van der Waals surface area (Å²) in [6.45, 7) is 6.85. The number of anilines is 1. The molecule has 2 aromatic heterocycles. The van der Waals surface area contributed by atoms with Crippen LogP contribution in [0.25, 0.3) is 16.7 Å². The molecular formula is C23H25N5O2S. The second kappa shape index (κ2) is 8.93. The van der Waals surface area contributed by atoms with Crippen molar-refractivity contribution >= 4 is 40.0 Å². The van der Waals surface area contributed by atoms with Gasteiger partial charge in [0.2, 0.25) is 11.7 Å². The normalized spacial score (nSPS) is 11.5. The SMILES string of the molecule is CCCn1c(=O)c2ccccc2n2c(SCC(=O)Nc3ccc(C(C)C)cc3)nnc12. The summed E-state index contributed by atoms with van der Waals surface area (Å²) in [6.07, 6.45) is 0.807. The van der Waals surface area contributed by atoms with Gasteiger partial charge in [-0.25, -0.2) is 0 Å². The molecule has 2 aromatic carbocycles. The largest absolute Gasteiger partial charge is 0.325 e. The van der Waals surface area contributed by atoms with Crippen LogP contribution in [0.2, 0.25) is 0 Å². The Bertz CT molecular complexity index is 1290. The molecule has 0 fully saturated rings. The van der Waals surface area contributed by atoms with E-state index in [9.17, 15) is 9.59 Å². The molecule has 0 saturated carbocycles. The molecule has 160 valence electrons. The van der Waals surface area contributed by atoms with Crippen molar-refractivity contribution in [2.24, 2.45) is 0 Å². The number of para-hydroxylation sites is 1. The van der Waals surface area contributed by atoms with Crippen molar-refractivity contribution in [1.82, 2.24) is 19.2 Å². The van der Waals surface area contributed by atoms with Crippen LogP contribution in [0.4, 0.5) is 5.69 Å². The van der Waals surface area contributed by atoms with Gasteiger partial charge in [0, 0.05) is 12.2 Å². The molecule has 4 aromatic rings. The Labute approximate surface area is 184 Å². The molecule has 0 aliphatic carbocycles. The van der Waals surface area contributed by atoms with Crippen LogP contribution in [0.5, 0.6) is 0 Å². The number of benzene rings is 2. The molecule has 1 N–H and O–H groups in total. The van der Waals surface area contributed by atoms with Crippen LogP contribution in [0, 0.1) is 0 Å². The van der Waals surface area contributed by atoms with E-state index in [1.807, 2.05) is 59.9 Å². The number of thioether (sulfide) groups is 1. The van der Waals surface area contributed by atoms with E-state index in [-0.39, 0.29) is 17.2 Å². The van der Waals surface area contributed by atoms with Gasteiger partial charge in [0.15, 0.2) is 5.16 Å². The van der Waals surface area contributed by atoms with Gasteiger partial charge in [0.05, 0.1) is 16.7 Å². The first-order valence-corrected chi connectivity index (χ1v) is 11.4. The van der Waals surface area contributed by atoms with E-state index < -0.39 is 0 Å². The molecule has 1 amide bonds. The van der Waals surface area contributed by atoms with Crippen molar-refractivity contribution in [2.75, 3.05) is 11.1 Å². The lowest BCUT2D eigenvalue weighted by molar-refractivity contribution is -0.113. The first-order valence-electron chi connectivity index (χ1n) is 10.4. The highest BCUT2D eigenvalue weighted by atomic mass is 32.2. The molecule has 4 rings (SSSR count). The molecule has 0 aliphatic rings. The minimum absolute atomic E-state index is 0.0727. The van der Waals surface area contributed by atoms with Crippen molar-refractivity contribution in [3.63, 3.8) is 0 Å². The number of nitrogens with one attached hydrogen (secondary N) is 1. The fourth-order valence-corrected chi connectivity index (χ4v) is 4.27. The molecule has 0 radical (unpaired) electrons. The number of aryl methyl sites for hydroxylation is 1. The summed E-state index contributed by atoms with van der Waals surface area (Å²) in [5.41, 5.74) is 2.67. The zero-order valence-electron chi connectivity index (χ0n) is 17.8. The van der Waals surface area contributed by atoms with E-state index >= 15 is 0 Å². The summed E-state index contributed by atoms with van der Waals surface area (Å²) in [6, 6.07) is 15.3. The van der Waals surface area contributed by atoms with Gasteiger partial charge < -0.3 is 5.32 Å². The zero-order chi connectivity index (χ0) is 22.0. The average Bonchev–Trinajstić information content (AvgIpc) is 3.19. The van der Waals surface area contributed by atoms with Gasteiger partial charge in [-0.05, 0) is 42.2 Å². The van der Waals surface area contributed by atoms with E-state index in [4.69, 9.17) is 0 Å². The number of hydrogen-bond acceptors (Lipinski definition) is 5. The van der Waals surface area contributed by atoms with E-state index in [0.29, 0.717) is 28.8 Å². The van der Waals surface area contributed by atoms with Crippen LogP contribution < -0.4 is 10.9 Å². The molecule has 0 unspecified atom stereocenters. The minimum Gasteiger partial charge on any atom is -0.325 e. The van der Waals surface area contributed by atoms with E-state index in [2.05, 4.69) is 29.4 Å². The smallest absolute Gasteiger partial charge is 0.262 e. The summed E-state index contributed by atoms with van der Waals surface area (Å²) in [5, 5.41) is 12.7. The Balaban J connectivity index is 1.59. The standard InChI is InChI=1S/C23H25N5O2S/c1-4-13-27-21(30)18-7-5-6-8-19(18)28-22(27)25-26-23(28)31-14-20(29)24-17-11-9-16(10-12-17)15(2)3/h5-12,15H,4,13-14H2,1-3H3,(H,24,29). The fourth-order valence-electron chi connectivity index (χ4n) is 3.53. The molecule has 0 bridgehead atoms. The maximum absolute atomic E-state index is 12.9. The van der Waals surface area contributed by atoms with Gasteiger partial charge in [0.25, 0.3) is 5.56 Å². The summed E-state index contributed by atoms with van der Waals surface area (Å²) in [5.74, 6) is 1.01. The molecule has 8 heteroatoms. The third kappa shape index (κ3) is 4.20. The van der Waals surface area contributed by atoms with Crippen LogP contribution >= 0.6 is 11.8 Å². The Morgan fingerprint density at radius 3 is 2.55 bits per heavy atom. The predicted octanol–water partition coefficient (Wildman–Crippen LogP) is 4.31. The molecule has 7 nitrogen and oxygen atoms in total. The third-order valence-corrected chi connectivity index (χ3v) is 6.05. The van der Waals surface area contributed by atoms with E-state index in [1.54, 1.807) is 4.57 Å². The molecule has 0 aliphatic heterocycles. The molecular weight excluding hydrogens is 410 g/mol. The quantitative estimate of drug-likeness (QED) is 0.438. The number of amides is 1. The number of carbonyl (C=O) groups excluding carboxylic acids is 1. The van der Waals surface area contributed by atoms with Crippen molar-refractivity contribution in [2.45, 2.75) is 44.8 Å². The highest BCUT2D eigenvalue weighted by Gasteiger charge is 2.17. The molecule has 0 spiro atoms. The molecule has 0 saturated heterocycles. The highest BCUT2D eigenvalue weighted by Crippen LogP contribution is 2.22. The highest BCUT2D eigenvalue weighted by molar-refractivity contribution is 7.99. The van der Waals surface area contributed by atoms with Gasteiger partial charge in [0.1, 0.15) is 0 Å².